The summed E-state index contributed by atoms with van der Waals surface area (Å²) in [6.07, 6.45) is 2.31. The Morgan fingerprint density at radius 3 is 2.44 bits per heavy atom. The number of halogens is 1. The second-order valence-corrected chi connectivity index (χ2v) is 9.97. The lowest BCUT2D eigenvalue weighted by Crippen LogP contribution is -2.38. The minimum absolute atomic E-state index is 0.0928. The van der Waals surface area contributed by atoms with Crippen molar-refractivity contribution in [3.05, 3.63) is 82.3 Å². The van der Waals surface area contributed by atoms with Gasteiger partial charge >= 0.3 is 5.97 Å². The van der Waals surface area contributed by atoms with Gasteiger partial charge in [-0.3, -0.25) is 9.59 Å². The summed E-state index contributed by atoms with van der Waals surface area (Å²) in [5.74, 6) is -1.01. The molecule has 0 aliphatic rings. The summed E-state index contributed by atoms with van der Waals surface area (Å²) in [7, 11) is 0. The fourth-order valence-electron chi connectivity index (χ4n) is 3.97. The first-order valence-electron chi connectivity index (χ1n) is 10.6. The highest BCUT2D eigenvalue weighted by Crippen LogP contribution is 2.34. The maximum Gasteiger partial charge on any atom is 0.305 e. The number of carbonyl (C=O) groups is 2. The van der Waals surface area contributed by atoms with Crippen molar-refractivity contribution >= 4 is 59.3 Å². The lowest BCUT2D eigenvalue weighted by molar-refractivity contribution is -0.137. The molecule has 1 amide bonds. The topological polar surface area (TPSA) is 66.4 Å². The lowest BCUT2D eigenvalue weighted by atomic mass is 10.0. The average Bonchev–Trinajstić information content (AvgIpc) is 3.12. The van der Waals surface area contributed by atoms with Crippen molar-refractivity contribution in [2.45, 2.75) is 38.1 Å². The van der Waals surface area contributed by atoms with Gasteiger partial charge in [-0.2, -0.15) is 0 Å². The summed E-state index contributed by atoms with van der Waals surface area (Å²) in [5, 5.41) is 14.7. The van der Waals surface area contributed by atoms with Gasteiger partial charge in [-0.05, 0) is 54.7 Å². The number of amides is 1. The van der Waals surface area contributed by atoms with Crippen LogP contribution in [0.1, 0.15) is 30.4 Å². The Hall–Kier alpha value is -2.70. The Bertz CT molecular complexity index is 1250. The van der Waals surface area contributed by atoms with Crippen LogP contribution in [0.2, 0.25) is 0 Å². The second kappa shape index (κ2) is 10.3. The molecule has 0 fully saturated rings. The number of aryl methyl sites for hydroxylation is 1. The van der Waals surface area contributed by atoms with E-state index in [0.29, 0.717) is 12.8 Å². The van der Waals surface area contributed by atoms with E-state index in [1.54, 1.807) is 11.3 Å². The number of benzene rings is 3. The highest BCUT2D eigenvalue weighted by atomic mass is 79.9. The molecule has 1 atom stereocenters. The molecular weight excluding hydrogens is 486 g/mol. The van der Waals surface area contributed by atoms with Gasteiger partial charge in [0.05, 0.1) is 6.42 Å². The fourth-order valence-corrected chi connectivity index (χ4v) is 5.40. The van der Waals surface area contributed by atoms with Gasteiger partial charge < -0.3 is 10.4 Å². The first-order chi connectivity index (χ1) is 15.5. The molecule has 4 nitrogen and oxygen atoms in total. The third kappa shape index (κ3) is 5.75. The average molecular weight is 510 g/mol. The SMILES string of the molecule is O=C(O)C[C@H](Cc1ccc(Br)cc1)NC(=O)CCCc1ccc2c(c1)sc1ccccc12. The van der Waals surface area contributed by atoms with Gasteiger partial charge in [0.25, 0.3) is 0 Å². The molecule has 0 spiro atoms. The second-order valence-electron chi connectivity index (χ2n) is 7.98. The number of rotatable bonds is 9. The van der Waals surface area contributed by atoms with Crippen molar-refractivity contribution in [2.75, 3.05) is 0 Å². The van der Waals surface area contributed by atoms with E-state index >= 15 is 0 Å². The molecule has 0 aliphatic carbocycles. The van der Waals surface area contributed by atoms with Gasteiger partial charge in [0.15, 0.2) is 0 Å². The highest BCUT2D eigenvalue weighted by molar-refractivity contribution is 9.10. The Kier molecular flexibility index (Phi) is 7.22. The number of nitrogens with one attached hydrogen (secondary N) is 1. The number of fused-ring (bicyclic) bond motifs is 3. The molecule has 164 valence electrons. The van der Waals surface area contributed by atoms with Crippen molar-refractivity contribution in [2.24, 2.45) is 0 Å². The fraction of sp³-hybridized carbons (Fsp3) is 0.231. The van der Waals surface area contributed by atoms with Crippen molar-refractivity contribution in [3.8, 4) is 0 Å². The van der Waals surface area contributed by atoms with Crippen molar-refractivity contribution in [3.63, 3.8) is 0 Å². The zero-order valence-electron chi connectivity index (χ0n) is 17.5. The number of carboxylic acid groups (broad SMARTS) is 1. The first kappa shape index (κ1) is 22.5. The molecule has 1 heterocycles. The molecule has 0 radical (unpaired) electrons. The van der Waals surface area contributed by atoms with Crippen molar-refractivity contribution < 1.29 is 14.7 Å². The third-order valence-corrected chi connectivity index (χ3v) is 7.16. The summed E-state index contributed by atoms with van der Waals surface area (Å²) in [6, 6.07) is 22.3. The summed E-state index contributed by atoms with van der Waals surface area (Å²) in [4.78, 5) is 23.7. The maximum atomic E-state index is 12.5. The standard InChI is InChI=1S/C26H24BrNO3S/c27-19-11-8-18(9-12-19)14-20(16-26(30)31)28-25(29)7-3-4-17-10-13-22-21-5-1-2-6-23(21)32-24(22)15-17/h1-2,5-6,8-13,15,20H,3-4,7,14,16H2,(H,28,29)(H,30,31)/t20-/m0/s1. The van der Waals surface area contributed by atoms with E-state index in [1.807, 2.05) is 24.3 Å². The minimum atomic E-state index is -0.913. The minimum Gasteiger partial charge on any atom is -0.481 e. The van der Waals surface area contributed by atoms with Crippen molar-refractivity contribution in [1.82, 2.24) is 5.32 Å². The van der Waals surface area contributed by atoms with Gasteiger partial charge in [0.1, 0.15) is 0 Å². The van der Waals surface area contributed by atoms with E-state index in [0.717, 1.165) is 22.9 Å². The number of aliphatic carboxylic acids is 1. The van der Waals surface area contributed by atoms with E-state index < -0.39 is 12.0 Å². The van der Waals surface area contributed by atoms with E-state index in [9.17, 15) is 14.7 Å². The molecule has 1 aromatic heterocycles. The normalized spacial score (nSPS) is 12.2. The van der Waals surface area contributed by atoms with Crippen LogP contribution in [-0.2, 0) is 22.4 Å². The van der Waals surface area contributed by atoms with E-state index in [4.69, 9.17) is 0 Å². The monoisotopic (exact) mass is 509 g/mol. The molecule has 2 N–H and O–H groups in total. The summed E-state index contributed by atoms with van der Waals surface area (Å²) in [5.41, 5.74) is 2.21. The molecule has 6 heteroatoms. The Balaban J connectivity index is 1.33. The summed E-state index contributed by atoms with van der Waals surface area (Å²) in [6.45, 7) is 0. The zero-order chi connectivity index (χ0) is 22.5. The molecule has 0 aliphatic heterocycles. The van der Waals surface area contributed by atoms with Crippen LogP contribution in [0.5, 0.6) is 0 Å². The first-order valence-corrected chi connectivity index (χ1v) is 12.2. The molecule has 0 bridgehead atoms. The molecule has 0 unspecified atom stereocenters. The van der Waals surface area contributed by atoms with Crippen LogP contribution >= 0.6 is 27.3 Å². The van der Waals surface area contributed by atoms with Crippen molar-refractivity contribution in [1.29, 1.82) is 0 Å². The van der Waals surface area contributed by atoms with E-state index in [1.165, 1.54) is 25.7 Å². The number of hydrogen-bond donors (Lipinski definition) is 2. The Morgan fingerprint density at radius 1 is 0.938 bits per heavy atom. The van der Waals surface area contributed by atoms with Gasteiger partial charge in [-0.15, -0.1) is 11.3 Å². The van der Waals surface area contributed by atoms with Gasteiger partial charge in [0, 0.05) is 37.1 Å². The van der Waals surface area contributed by atoms with E-state index in [-0.39, 0.29) is 12.3 Å². The largest absolute Gasteiger partial charge is 0.481 e. The molecule has 4 rings (SSSR count). The number of thiophene rings is 1. The van der Waals surface area contributed by atoms with E-state index in [2.05, 4.69) is 63.7 Å². The predicted molar refractivity (Wildman–Crippen MR) is 134 cm³/mol. The lowest BCUT2D eigenvalue weighted by Gasteiger charge is -2.17. The van der Waals surface area contributed by atoms with Gasteiger partial charge in [-0.1, -0.05) is 58.4 Å². The molecule has 3 aromatic carbocycles. The zero-order valence-corrected chi connectivity index (χ0v) is 19.9. The Morgan fingerprint density at radius 2 is 1.66 bits per heavy atom. The Labute approximate surface area is 199 Å². The molecule has 0 saturated heterocycles. The number of hydrogen-bond acceptors (Lipinski definition) is 3. The van der Waals surface area contributed by atoms with Crippen LogP contribution in [0.4, 0.5) is 0 Å². The van der Waals surface area contributed by atoms with Crippen LogP contribution in [0, 0.1) is 0 Å². The van der Waals surface area contributed by atoms with Gasteiger partial charge in [-0.25, -0.2) is 0 Å². The van der Waals surface area contributed by atoms with Gasteiger partial charge in [0.2, 0.25) is 5.91 Å². The maximum absolute atomic E-state index is 12.5. The predicted octanol–water partition coefficient (Wildman–Crippen LogP) is 6.34. The summed E-state index contributed by atoms with van der Waals surface area (Å²) < 4.78 is 3.52. The molecule has 0 saturated carbocycles. The van der Waals surface area contributed by atoms with Crippen LogP contribution < -0.4 is 5.32 Å². The summed E-state index contributed by atoms with van der Waals surface area (Å²) >= 11 is 5.19. The number of carbonyl (C=O) groups excluding carboxylic acids is 1. The quantitative estimate of drug-likeness (QED) is 0.276. The number of carboxylic acids is 1. The molecule has 4 aromatic rings. The van der Waals surface area contributed by atoms with Crippen LogP contribution in [0.25, 0.3) is 20.2 Å². The molecular formula is C26H24BrNO3S. The van der Waals surface area contributed by atoms with Crippen LogP contribution in [0.3, 0.4) is 0 Å². The third-order valence-electron chi connectivity index (χ3n) is 5.49. The highest BCUT2D eigenvalue weighted by Gasteiger charge is 2.17. The van der Waals surface area contributed by atoms with Crippen LogP contribution in [-0.4, -0.2) is 23.0 Å². The van der Waals surface area contributed by atoms with Crippen LogP contribution in [0.15, 0.2) is 71.2 Å². The smallest absolute Gasteiger partial charge is 0.305 e. The molecule has 32 heavy (non-hydrogen) atoms.